The van der Waals surface area contributed by atoms with E-state index in [4.69, 9.17) is 0 Å². The lowest BCUT2D eigenvalue weighted by atomic mass is 10.1. The highest BCUT2D eigenvalue weighted by Gasteiger charge is 2.28. The third-order valence-corrected chi connectivity index (χ3v) is 13.6. The summed E-state index contributed by atoms with van der Waals surface area (Å²) in [5.41, 5.74) is 16.1. The zero-order valence-electron chi connectivity index (χ0n) is 38.9. The molecule has 5 heteroatoms. The summed E-state index contributed by atoms with van der Waals surface area (Å²) >= 11 is 0. The van der Waals surface area contributed by atoms with E-state index in [1.165, 1.54) is 10.8 Å². The number of rotatable bonds is 11. The van der Waals surface area contributed by atoms with E-state index in [9.17, 15) is 0 Å². The third-order valence-electron chi connectivity index (χ3n) is 13.6. The highest BCUT2D eigenvalue weighted by molar-refractivity contribution is 6.21. The first-order valence-corrected chi connectivity index (χ1v) is 24.2. The minimum atomic E-state index is 1.02. The molecular weight excluding hydrogens is 863 g/mol. The maximum atomic E-state index is 2.52. The normalized spacial score (nSPS) is 11.4. The topological polar surface area (TPSA) is 19.6 Å². The second-order valence-electron chi connectivity index (χ2n) is 17.8. The van der Waals surface area contributed by atoms with Crippen LogP contribution in [-0.4, -0.2) is 9.13 Å². The van der Waals surface area contributed by atoms with E-state index >= 15 is 0 Å². The molecule has 71 heavy (non-hydrogen) atoms. The first-order chi connectivity index (χ1) is 35.3. The van der Waals surface area contributed by atoms with Gasteiger partial charge in [0.2, 0.25) is 0 Å². The molecule has 0 radical (unpaired) electrons. The molecule has 11 aromatic carbocycles. The van der Waals surface area contributed by atoms with E-state index in [-0.39, 0.29) is 0 Å². The molecule has 0 bridgehead atoms. The number of fused-ring (bicyclic) bond motifs is 6. The monoisotopic (exact) mass is 909 g/mol. The van der Waals surface area contributed by atoms with Gasteiger partial charge in [0.1, 0.15) is 0 Å². The Bertz CT molecular complexity index is 3810. The van der Waals surface area contributed by atoms with Gasteiger partial charge >= 0.3 is 0 Å². The second-order valence-corrected chi connectivity index (χ2v) is 17.8. The lowest BCUT2D eigenvalue weighted by molar-refractivity contribution is 1.12. The van der Waals surface area contributed by atoms with Crippen LogP contribution in [0.15, 0.2) is 285 Å². The van der Waals surface area contributed by atoms with Gasteiger partial charge in [-0.05, 0) is 121 Å². The Labute approximate surface area is 413 Å². The largest absolute Gasteiger partial charge is 0.310 e. The molecule has 0 saturated carbocycles. The van der Waals surface area contributed by atoms with Crippen molar-refractivity contribution in [2.24, 2.45) is 0 Å². The summed E-state index contributed by atoms with van der Waals surface area (Å²) in [7, 11) is 0. The zero-order valence-corrected chi connectivity index (χ0v) is 38.9. The summed E-state index contributed by atoms with van der Waals surface area (Å²) in [5, 5.41) is 4.70. The van der Waals surface area contributed by atoms with Crippen LogP contribution >= 0.6 is 0 Å². The standard InChI is InChI=1S/C66H47N5/c1-7-25-48(26-8-1)67(49-27-9-2-10-28-49)54-45-55(70-60-40-22-19-37-57(60)58-38-20-23-41-61(58)70)47-56(46-54)71-62-42-24-21-39-59(62)65-63(68(50-29-11-3-12-30-50)51-31-13-4-14-32-51)43-44-64(66(65)71)69(52-33-15-5-16-34-52)53-35-17-6-18-36-53/h1-47H. The highest BCUT2D eigenvalue weighted by atomic mass is 15.2. The van der Waals surface area contributed by atoms with Gasteiger partial charge < -0.3 is 23.8 Å². The van der Waals surface area contributed by atoms with E-state index < -0.39 is 0 Å². The molecule has 5 nitrogen and oxygen atoms in total. The number of anilines is 9. The van der Waals surface area contributed by atoms with Gasteiger partial charge in [0, 0.05) is 55.7 Å². The summed E-state index contributed by atoms with van der Waals surface area (Å²) in [4.78, 5) is 7.20. The lowest BCUT2D eigenvalue weighted by Gasteiger charge is -2.30. The predicted molar refractivity (Wildman–Crippen MR) is 299 cm³/mol. The number of hydrogen-bond acceptors (Lipinski definition) is 3. The molecule has 13 aromatic rings. The quantitative estimate of drug-likeness (QED) is 0.129. The fraction of sp³-hybridized carbons (Fsp3) is 0. The minimum Gasteiger partial charge on any atom is -0.310 e. The predicted octanol–water partition coefficient (Wildman–Crippen LogP) is 18.3. The van der Waals surface area contributed by atoms with Gasteiger partial charge in [0.15, 0.2) is 0 Å². The SMILES string of the molecule is c1ccc(N(c2ccccc2)c2cc(-n3c4ccccc4c4ccccc43)cc(-n3c4ccccc4c4c(N(c5ccccc5)c5ccccc5)ccc(N(c5ccccc5)c5ccccc5)c43)c2)cc1. The molecule has 13 rings (SSSR count). The molecule has 0 amide bonds. The summed E-state index contributed by atoms with van der Waals surface area (Å²) in [6.07, 6.45) is 0. The van der Waals surface area contributed by atoms with Crippen LogP contribution in [0, 0.1) is 0 Å². The van der Waals surface area contributed by atoms with Crippen molar-refractivity contribution >= 4 is 94.8 Å². The van der Waals surface area contributed by atoms with Crippen molar-refractivity contribution < 1.29 is 0 Å². The Kier molecular flexibility index (Phi) is 10.4. The summed E-state index contributed by atoms with van der Waals surface area (Å²) in [6.45, 7) is 0. The Hall–Kier alpha value is -9.58. The Balaban J connectivity index is 1.20. The molecule has 336 valence electrons. The Morgan fingerprint density at radius 3 is 0.958 bits per heavy atom. The van der Waals surface area contributed by atoms with Crippen molar-refractivity contribution in [1.29, 1.82) is 0 Å². The summed E-state index contributed by atoms with van der Waals surface area (Å²) in [5.74, 6) is 0. The molecule has 0 fully saturated rings. The van der Waals surface area contributed by atoms with Gasteiger partial charge in [-0.15, -0.1) is 0 Å². The fourth-order valence-corrected chi connectivity index (χ4v) is 10.6. The average Bonchev–Trinajstić information content (AvgIpc) is 3.98. The van der Waals surface area contributed by atoms with Gasteiger partial charge in [-0.3, -0.25) is 0 Å². The second kappa shape index (κ2) is 17.8. The average molecular weight is 910 g/mol. The van der Waals surface area contributed by atoms with Gasteiger partial charge in [0.05, 0.1) is 50.5 Å². The smallest absolute Gasteiger partial charge is 0.0803 e. The molecule has 0 unspecified atom stereocenters. The molecule has 0 aliphatic heterocycles. The van der Waals surface area contributed by atoms with E-state index in [2.05, 4.69) is 309 Å². The highest BCUT2D eigenvalue weighted by Crippen LogP contribution is 2.50. The van der Waals surface area contributed by atoms with E-state index in [0.29, 0.717) is 0 Å². The summed E-state index contributed by atoms with van der Waals surface area (Å²) < 4.78 is 4.96. The molecular formula is C66H47N5. The number of para-hydroxylation sites is 9. The molecule has 0 atom stereocenters. The zero-order chi connectivity index (χ0) is 47.1. The van der Waals surface area contributed by atoms with Crippen molar-refractivity contribution in [1.82, 2.24) is 9.13 Å². The first-order valence-electron chi connectivity index (χ1n) is 24.2. The van der Waals surface area contributed by atoms with Crippen LogP contribution in [-0.2, 0) is 0 Å². The van der Waals surface area contributed by atoms with Crippen molar-refractivity contribution in [3.05, 3.63) is 285 Å². The maximum absolute atomic E-state index is 2.52. The van der Waals surface area contributed by atoms with Crippen LogP contribution in [0.5, 0.6) is 0 Å². The lowest BCUT2D eigenvalue weighted by Crippen LogP contribution is -2.14. The number of aromatic nitrogens is 2. The van der Waals surface area contributed by atoms with E-state index in [1.807, 2.05) is 0 Å². The maximum Gasteiger partial charge on any atom is 0.0803 e. The first kappa shape index (κ1) is 41.6. The molecule has 2 aromatic heterocycles. The Morgan fingerprint density at radius 2 is 0.535 bits per heavy atom. The van der Waals surface area contributed by atoms with Crippen LogP contribution < -0.4 is 14.7 Å². The molecule has 0 N–H and O–H groups in total. The van der Waals surface area contributed by atoms with Crippen molar-refractivity contribution in [3.8, 4) is 11.4 Å². The van der Waals surface area contributed by atoms with E-state index in [1.54, 1.807) is 0 Å². The Morgan fingerprint density at radius 1 is 0.225 bits per heavy atom. The van der Waals surface area contributed by atoms with Crippen molar-refractivity contribution in [2.45, 2.75) is 0 Å². The number of benzene rings is 11. The van der Waals surface area contributed by atoms with Crippen molar-refractivity contribution in [2.75, 3.05) is 14.7 Å². The minimum absolute atomic E-state index is 1.02. The molecule has 0 saturated heterocycles. The van der Waals surface area contributed by atoms with Crippen molar-refractivity contribution in [3.63, 3.8) is 0 Å². The van der Waals surface area contributed by atoms with Crippen LogP contribution in [0.25, 0.3) is 55.0 Å². The third kappa shape index (κ3) is 7.27. The van der Waals surface area contributed by atoms with Crippen LogP contribution in [0.3, 0.4) is 0 Å². The summed E-state index contributed by atoms with van der Waals surface area (Å²) in [6, 6.07) is 103. The van der Waals surface area contributed by atoms with Crippen LogP contribution in [0.4, 0.5) is 51.2 Å². The van der Waals surface area contributed by atoms with Gasteiger partial charge in [-0.1, -0.05) is 164 Å². The van der Waals surface area contributed by atoms with Gasteiger partial charge in [-0.25, -0.2) is 0 Å². The van der Waals surface area contributed by atoms with Gasteiger partial charge in [0.25, 0.3) is 0 Å². The van der Waals surface area contributed by atoms with E-state index in [0.717, 1.165) is 95.4 Å². The van der Waals surface area contributed by atoms with Crippen LogP contribution in [0.2, 0.25) is 0 Å². The number of nitrogens with zero attached hydrogens (tertiary/aromatic N) is 5. The molecule has 0 aliphatic carbocycles. The molecule has 0 aliphatic rings. The fourth-order valence-electron chi connectivity index (χ4n) is 10.6. The number of hydrogen-bond donors (Lipinski definition) is 0. The van der Waals surface area contributed by atoms with Crippen LogP contribution in [0.1, 0.15) is 0 Å². The van der Waals surface area contributed by atoms with Gasteiger partial charge in [-0.2, -0.15) is 0 Å². The molecule has 2 heterocycles. The molecule has 0 spiro atoms.